The number of hydrogen-bond acceptors (Lipinski definition) is 7. The Kier molecular flexibility index (Phi) is 7.00. The highest BCUT2D eigenvalue weighted by Gasteiger charge is 2.19. The highest BCUT2D eigenvalue weighted by molar-refractivity contribution is 6.04. The molecule has 37 heavy (non-hydrogen) atoms. The maximum Gasteiger partial charge on any atom is 0.255 e. The molecule has 10 heteroatoms. The number of carbonyl (C=O) groups excluding carboxylic acids is 1. The lowest BCUT2D eigenvalue weighted by molar-refractivity contribution is 0.102. The molecule has 0 unspecified atom stereocenters. The number of amides is 1. The number of hydrogen-bond donors (Lipinski definition) is 2. The summed E-state index contributed by atoms with van der Waals surface area (Å²) in [5.74, 6) is -0.123. The van der Waals surface area contributed by atoms with E-state index in [1.807, 2.05) is 49.2 Å². The third-order valence-electron chi connectivity index (χ3n) is 6.66. The van der Waals surface area contributed by atoms with E-state index in [9.17, 15) is 9.18 Å². The van der Waals surface area contributed by atoms with Gasteiger partial charge in [0.15, 0.2) is 0 Å². The van der Waals surface area contributed by atoms with Gasteiger partial charge < -0.3 is 20.4 Å². The molecule has 5 rings (SSSR count). The lowest BCUT2D eigenvalue weighted by atomic mass is 10.1. The molecule has 1 saturated heterocycles. The summed E-state index contributed by atoms with van der Waals surface area (Å²) in [6.45, 7) is 8.07. The van der Waals surface area contributed by atoms with Gasteiger partial charge in [-0.25, -0.2) is 14.4 Å². The number of piperazine rings is 1. The maximum atomic E-state index is 14.9. The number of carbonyl (C=O) groups is 1. The molecule has 4 aromatic rings. The van der Waals surface area contributed by atoms with Crippen molar-refractivity contribution in [3.63, 3.8) is 0 Å². The van der Waals surface area contributed by atoms with Crippen LogP contribution in [-0.4, -0.2) is 63.8 Å². The molecule has 1 fully saturated rings. The van der Waals surface area contributed by atoms with E-state index in [0.717, 1.165) is 43.8 Å². The first-order valence-corrected chi connectivity index (χ1v) is 12.5. The third kappa shape index (κ3) is 5.54. The normalized spacial score (nSPS) is 15.1. The number of fused-ring (bicyclic) bond motifs is 1. The summed E-state index contributed by atoms with van der Waals surface area (Å²) < 4.78 is 16.7. The van der Waals surface area contributed by atoms with Crippen molar-refractivity contribution in [1.29, 1.82) is 0 Å². The van der Waals surface area contributed by atoms with Gasteiger partial charge in [-0.3, -0.25) is 9.48 Å². The van der Waals surface area contributed by atoms with E-state index >= 15 is 0 Å². The van der Waals surface area contributed by atoms with Crippen molar-refractivity contribution in [3.8, 4) is 0 Å². The van der Waals surface area contributed by atoms with Crippen molar-refractivity contribution in [1.82, 2.24) is 24.6 Å². The van der Waals surface area contributed by atoms with Crippen molar-refractivity contribution in [2.75, 3.05) is 48.8 Å². The van der Waals surface area contributed by atoms with Gasteiger partial charge in [-0.15, -0.1) is 0 Å². The molecule has 2 aromatic heterocycles. The molecule has 1 amide bonds. The standard InChI is InChI=1S/C27H31FN8O/c1-4-36-17-23-26(33-36)32-25(16-29-23)30-18(2)19-6-5-7-21(14-19)31-27(37)20-8-9-24(22(28)15-20)35-12-10-34(3)11-13-35/h5-9,14-18H,4,10-13H2,1-3H3,(H,31,37)(H,30,32,33)/t18-/m0/s1. The van der Waals surface area contributed by atoms with Crippen molar-refractivity contribution in [2.45, 2.75) is 26.4 Å². The Morgan fingerprint density at radius 3 is 2.70 bits per heavy atom. The van der Waals surface area contributed by atoms with Crippen LogP contribution in [0.4, 0.5) is 21.6 Å². The van der Waals surface area contributed by atoms with Crippen LogP contribution in [0, 0.1) is 5.82 Å². The van der Waals surface area contributed by atoms with Crippen LogP contribution >= 0.6 is 0 Å². The number of nitrogens with zero attached hydrogens (tertiary/aromatic N) is 6. The fourth-order valence-corrected chi connectivity index (χ4v) is 4.42. The van der Waals surface area contributed by atoms with Gasteiger partial charge in [0, 0.05) is 44.0 Å². The van der Waals surface area contributed by atoms with Crippen LogP contribution in [0.15, 0.2) is 54.9 Å². The molecule has 0 aliphatic carbocycles. The Morgan fingerprint density at radius 1 is 1.14 bits per heavy atom. The van der Waals surface area contributed by atoms with Crippen molar-refractivity contribution >= 4 is 34.3 Å². The van der Waals surface area contributed by atoms with E-state index in [4.69, 9.17) is 0 Å². The van der Waals surface area contributed by atoms with Gasteiger partial charge >= 0.3 is 0 Å². The second-order valence-electron chi connectivity index (χ2n) is 9.35. The first-order valence-electron chi connectivity index (χ1n) is 12.5. The predicted octanol–water partition coefficient (Wildman–Crippen LogP) is 4.16. The van der Waals surface area contributed by atoms with Gasteiger partial charge in [-0.05, 0) is 56.8 Å². The van der Waals surface area contributed by atoms with E-state index in [2.05, 4.69) is 37.6 Å². The molecule has 0 radical (unpaired) electrons. The molecule has 0 saturated carbocycles. The molecule has 192 valence electrons. The smallest absolute Gasteiger partial charge is 0.255 e. The second kappa shape index (κ2) is 10.5. The second-order valence-corrected chi connectivity index (χ2v) is 9.35. The van der Waals surface area contributed by atoms with E-state index in [0.29, 0.717) is 22.8 Å². The monoisotopic (exact) mass is 502 g/mol. The number of benzene rings is 2. The lowest BCUT2D eigenvalue weighted by Crippen LogP contribution is -2.44. The zero-order valence-electron chi connectivity index (χ0n) is 21.3. The average molecular weight is 503 g/mol. The quantitative estimate of drug-likeness (QED) is 0.392. The molecule has 0 spiro atoms. The van der Waals surface area contributed by atoms with Crippen LogP contribution in [-0.2, 0) is 6.54 Å². The molecule has 3 heterocycles. The number of rotatable bonds is 7. The first kappa shape index (κ1) is 24.6. The fourth-order valence-electron chi connectivity index (χ4n) is 4.42. The van der Waals surface area contributed by atoms with Gasteiger partial charge in [0.25, 0.3) is 5.91 Å². The number of nitrogens with one attached hydrogen (secondary N) is 2. The zero-order chi connectivity index (χ0) is 25.9. The molecule has 1 aliphatic heterocycles. The zero-order valence-corrected chi connectivity index (χ0v) is 21.3. The highest BCUT2D eigenvalue weighted by atomic mass is 19.1. The van der Waals surface area contributed by atoms with Crippen LogP contribution in [0.25, 0.3) is 11.2 Å². The molecular formula is C27H31FN8O. The Morgan fingerprint density at radius 2 is 1.95 bits per heavy atom. The van der Waals surface area contributed by atoms with Gasteiger partial charge in [-0.2, -0.15) is 5.10 Å². The first-order chi connectivity index (χ1) is 17.9. The summed E-state index contributed by atoms with van der Waals surface area (Å²) in [5.41, 5.74) is 3.73. The number of anilines is 3. The van der Waals surface area contributed by atoms with E-state index in [-0.39, 0.29) is 23.3 Å². The van der Waals surface area contributed by atoms with E-state index in [1.54, 1.807) is 23.0 Å². The summed E-state index contributed by atoms with van der Waals surface area (Å²) in [5, 5.41) is 10.6. The Bertz CT molecular complexity index is 1410. The van der Waals surface area contributed by atoms with Crippen molar-refractivity contribution < 1.29 is 9.18 Å². The van der Waals surface area contributed by atoms with Crippen LogP contribution in [0.2, 0.25) is 0 Å². The Hall–Kier alpha value is -4.05. The van der Waals surface area contributed by atoms with E-state index < -0.39 is 0 Å². The van der Waals surface area contributed by atoms with Crippen molar-refractivity contribution in [3.05, 3.63) is 71.8 Å². The summed E-state index contributed by atoms with van der Waals surface area (Å²) in [4.78, 5) is 26.1. The molecule has 0 bridgehead atoms. The van der Waals surface area contributed by atoms with Gasteiger partial charge in [-0.1, -0.05) is 12.1 Å². The van der Waals surface area contributed by atoms with Crippen molar-refractivity contribution in [2.24, 2.45) is 0 Å². The minimum absolute atomic E-state index is 0.0998. The highest BCUT2D eigenvalue weighted by Crippen LogP contribution is 2.24. The predicted molar refractivity (Wildman–Crippen MR) is 144 cm³/mol. The molecule has 9 nitrogen and oxygen atoms in total. The van der Waals surface area contributed by atoms with E-state index in [1.165, 1.54) is 6.07 Å². The Balaban J connectivity index is 1.25. The molecule has 1 aliphatic rings. The van der Waals surface area contributed by atoms with Crippen LogP contribution in [0.3, 0.4) is 0 Å². The molecule has 2 N–H and O–H groups in total. The number of aromatic nitrogens is 4. The topological polar surface area (TPSA) is 91.2 Å². The molecular weight excluding hydrogens is 471 g/mol. The van der Waals surface area contributed by atoms with Crippen LogP contribution in [0.5, 0.6) is 0 Å². The lowest BCUT2D eigenvalue weighted by Gasteiger charge is -2.34. The Labute approximate surface area is 215 Å². The minimum atomic E-state index is -0.384. The summed E-state index contributed by atoms with van der Waals surface area (Å²) in [6.07, 6.45) is 3.56. The van der Waals surface area contributed by atoms with Gasteiger partial charge in [0.05, 0.1) is 24.1 Å². The third-order valence-corrected chi connectivity index (χ3v) is 6.66. The number of halogens is 1. The van der Waals surface area contributed by atoms with Crippen LogP contribution in [0.1, 0.15) is 35.8 Å². The largest absolute Gasteiger partial charge is 0.367 e. The summed E-state index contributed by atoms with van der Waals surface area (Å²) >= 11 is 0. The SMILES string of the molecule is CCn1cc2ncc(N[C@@H](C)c3cccc(NC(=O)c4ccc(N5CCN(C)CC5)c(F)c4)c3)nc2n1. The number of likely N-dealkylation sites (N-methyl/N-ethyl adjacent to an activating group) is 1. The summed E-state index contributed by atoms with van der Waals surface area (Å²) in [7, 11) is 2.06. The van der Waals surface area contributed by atoms with Gasteiger partial charge in [0.2, 0.25) is 5.65 Å². The number of aryl methyl sites for hydroxylation is 1. The maximum absolute atomic E-state index is 14.9. The molecule has 2 aromatic carbocycles. The minimum Gasteiger partial charge on any atom is -0.367 e. The van der Waals surface area contributed by atoms with Gasteiger partial charge in [0.1, 0.15) is 17.2 Å². The van der Waals surface area contributed by atoms with Crippen LogP contribution < -0.4 is 15.5 Å². The summed E-state index contributed by atoms with van der Waals surface area (Å²) in [6, 6.07) is 12.1. The average Bonchev–Trinajstić information content (AvgIpc) is 3.32. The fraction of sp³-hybridized carbons (Fsp3) is 0.333. The molecule has 1 atom stereocenters.